The van der Waals surface area contributed by atoms with E-state index in [9.17, 15) is 5.11 Å². The minimum absolute atomic E-state index is 0.233. The van der Waals surface area contributed by atoms with E-state index in [4.69, 9.17) is 0 Å². The molecule has 0 bridgehead atoms. The fraction of sp³-hybridized carbons (Fsp3) is 1.00. The lowest BCUT2D eigenvalue weighted by atomic mass is 10.2. The van der Waals surface area contributed by atoms with E-state index in [0.717, 1.165) is 19.6 Å². The first-order valence-corrected chi connectivity index (χ1v) is 6.29. The van der Waals surface area contributed by atoms with Gasteiger partial charge in [0.25, 0.3) is 0 Å². The Morgan fingerprint density at radius 1 is 1.13 bits per heavy atom. The monoisotopic (exact) mass is 216 g/mol. The molecule has 92 valence electrons. The maximum absolute atomic E-state index is 9.71. The van der Waals surface area contributed by atoms with Crippen LogP contribution < -0.4 is 5.32 Å². The third kappa shape index (κ3) is 8.85. The summed E-state index contributed by atoms with van der Waals surface area (Å²) in [5.41, 5.74) is 0. The van der Waals surface area contributed by atoms with Crippen molar-refractivity contribution in [2.75, 3.05) is 33.2 Å². The molecule has 0 aliphatic rings. The zero-order chi connectivity index (χ0) is 11.5. The number of aliphatic hydroxyl groups is 1. The van der Waals surface area contributed by atoms with Gasteiger partial charge < -0.3 is 15.3 Å². The molecule has 3 heteroatoms. The van der Waals surface area contributed by atoms with E-state index < -0.39 is 0 Å². The Bertz CT molecular complexity index is 123. The van der Waals surface area contributed by atoms with Crippen LogP contribution in [0.2, 0.25) is 0 Å². The van der Waals surface area contributed by atoms with Gasteiger partial charge in [-0.3, -0.25) is 0 Å². The molecule has 0 rings (SSSR count). The highest BCUT2D eigenvalue weighted by Gasteiger charge is 2.09. The van der Waals surface area contributed by atoms with Crippen LogP contribution in [0.5, 0.6) is 0 Å². The molecule has 0 aliphatic heterocycles. The Kier molecular flexibility index (Phi) is 10.3. The van der Waals surface area contributed by atoms with Crippen LogP contribution in [0.4, 0.5) is 0 Å². The van der Waals surface area contributed by atoms with E-state index in [-0.39, 0.29) is 6.10 Å². The van der Waals surface area contributed by atoms with Gasteiger partial charge in [0.05, 0.1) is 6.10 Å². The fourth-order valence-electron chi connectivity index (χ4n) is 1.66. The Morgan fingerprint density at radius 2 is 1.67 bits per heavy atom. The van der Waals surface area contributed by atoms with Gasteiger partial charge in [-0.2, -0.15) is 0 Å². The third-order valence-electron chi connectivity index (χ3n) is 2.56. The number of likely N-dealkylation sites (N-methyl/N-ethyl adjacent to an activating group) is 1. The smallest absolute Gasteiger partial charge is 0.0791 e. The van der Waals surface area contributed by atoms with Gasteiger partial charge >= 0.3 is 0 Å². The van der Waals surface area contributed by atoms with Crippen molar-refractivity contribution in [2.24, 2.45) is 0 Å². The Morgan fingerprint density at radius 3 is 2.07 bits per heavy atom. The van der Waals surface area contributed by atoms with E-state index in [0.29, 0.717) is 6.54 Å². The summed E-state index contributed by atoms with van der Waals surface area (Å²) in [6, 6.07) is 0. The van der Waals surface area contributed by atoms with Gasteiger partial charge in [0.2, 0.25) is 0 Å². The van der Waals surface area contributed by atoms with Gasteiger partial charge in [0.1, 0.15) is 0 Å². The number of rotatable bonds is 10. The molecule has 0 aliphatic carbocycles. The lowest BCUT2D eigenvalue weighted by Gasteiger charge is -2.24. The molecule has 0 aromatic rings. The Labute approximate surface area is 94.9 Å². The van der Waals surface area contributed by atoms with Gasteiger partial charge in [0, 0.05) is 13.1 Å². The van der Waals surface area contributed by atoms with Gasteiger partial charge in [-0.25, -0.2) is 0 Å². The second kappa shape index (κ2) is 10.4. The molecule has 1 atom stereocenters. The third-order valence-corrected chi connectivity index (χ3v) is 2.56. The molecule has 0 amide bonds. The molecule has 0 aromatic carbocycles. The van der Waals surface area contributed by atoms with Crippen molar-refractivity contribution >= 4 is 0 Å². The molecule has 0 aromatic heterocycles. The first kappa shape index (κ1) is 14.9. The standard InChI is InChI=1S/C12H28N2O/c1-4-6-8-14(9-7-5-2)11-12(15)10-13-3/h12-13,15H,4-11H2,1-3H3. The van der Waals surface area contributed by atoms with Crippen LogP contribution in [-0.2, 0) is 0 Å². The Hall–Kier alpha value is -0.120. The normalized spacial score (nSPS) is 13.4. The zero-order valence-corrected chi connectivity index (χ0v) is 10.6. The average molecular weight is 216 g/mol. The minimum Gasteiger partial charge on any atom is -0.390 e. The van der Waals surface area contributed by atoms with E-state index in [1.165, 1.54) is 25.7 Å². The highest BCUT2D eigenvalue weighted by Crippen LogP contribution is 2.00. The molecule has 0 radical (unpaired) electrons. The number of nitrogens with one attached hydrogen (secondary N) is 1. The summed E-state index contributed by atoms with van der Waals surface area (Å²) in [5, 5.41) is 12.7. The topological polar surface area (TPSA) is 35.5 Å². The number of hydrogen-bond donors (Lipinski definition) is 2. The first-order valence-electron chi connectivity index (χ1n) is 6.29. The summed E-state index contributed by atoms with van der Waals surface area (Å²) in [7, 11) is 1.88. The zero-order valence-electron chi connectivity index (χ0n) is 10.6. The lowest BCUT2D eigenvalue weighted by Crippen LogP contribution is -2.38. The summed E-state index contributed by atoms with van der Waals surface area (Å²) in [6.45, 7) is 8.16. The fourth-order valence-corrected chi connectivity index (χ4v) is 1.66. The van der Waals surface area contributed by atoms with Crippen LogP contribution in [0.1, 0.15) is 39.5 Å². The van der Waals surface area contributed by atoms with E-state index in [2.05, 4.69) is 24.1 Å². The summed E-state index contributed by atoms with van der Waals surface area (Å²) < 4.78 is 0. The highest BCUT2D eigenvalue weighted by atomic mass is 16.3. The van der Waals surface area contributed by atoms with Gasteiger partial charge in [-0.1, -0.05) is 26.7 Å². The highest BCUT2D eigenvalue weighted by molar-refractivity contribution is 4.66. The van der Waals surface area contributed by atoms with Crippen molar-refractivity contribution in [3.05, 3.63) is 0 Å². The molecule has 15 heavy (non-hydrogen) atoms. The number of nitrogens with zero attached hydrogens (tertiary/aromatic N) is 1. The lowest BCUT2D eigenvalue weighted by molar-refractivity contribution is 0.111. The van der Waals surface area contributed by atoms with Crippen molar-refractivity contribution in [2.45, 2.75) is 45.6 Å². The summed E-state index contributed by atoms with van der Waals surface area (Å²) >= 11 is 0. The van der Waals surface area contributed by atoms with E-state index >= 15 is 0 Å². The van der Waals surface area contributed by atoms with E-state index in [1.54, 1.807) is 0 Å². The van der Waals surface area contributed by atoms with Crippen LogP contribution in [-0.4, -0.2) is 49.3 Å². The first-order chi connectivity index (χ1) is 7.24. The number of hydrogen-bond acceptors (Lipinski definition) is 3. The molecule has 0 heterocycles. The number of unbranched alkanes of at least 4 members (excludes halogenated alkanes) is 2. The maximum atomic E-state index is 9.71. The van der Waals surface area contributed by atoms with Crippen LogP contribution in [0.3, 0.4) is 0 Å². The van der Waals surface area contributed by atoms with Crippen molar-refractivity contribution in [3.8, 4) is 0 Å². The van der Waals surface area contributed by atoms with Crippen molar-refractivity contribution in [3.63, 3.8) is 0 Å². The SMILES string of the molecule is CCCCN(CCCC)CC(O)CNC. The average Bonchev–Trinajstić information content (AvgIpc) is 2.22. The number of aliphatic hydroxyl groups excluding tert-OH is 1. The summed E-state index contributed by atoms with van der Waals surface area (Å²) in [4.78, 5) is 2.38. The van der Waals surface area contributed by atoms with Crippen molar-refractivity contribution in [1.29, 1.82) is 0 Å². The molecule has 0 fully saturated rings. The molecular formula is C12H28N2O. The van der Waals surface area contributed by atoms with Gasteiger partial charge in [-0.05, 0) is 33.0 Å². The molecular weight excluding hydrogens is 188 g/mol. The predicted molar refractivity (Wildman–Crippen MR) is 66.2 cm³/mol. The van der Waals surface area contributed by atoms with Crippen LogP contribution in [0.15, 0.2) is 0 Å². The molecule has 0 spiro atoms. The van der Waals surface area contributed by atoms with E-state index in [1.807, 2.05) is 7.05 Å². The quantitative estimate of drug-likeness (QED) is 0.580. The maximum Gasteiger partial charge on any atom is 0.0791 e. The predicted octanol–water partition coefficient (Wildman–Crippen LogP) is 1.47. The molecule has 0 saturated carbocycles. The molecule has 1 unspecified atom stereocenters. The van der Waals surface area contributed by atoms with Crippen molar-refractivity contribution in [1.82, 2.24) is 10.2 Å². The summed E-state index contributed by atoms with van der Waals surface area (Å²) in [6.07, 6.45) is 4.69. The van der Waals surface area contributed by atoms with Crippen LogP contribution in [0.25, 0.3) is 0 Å². The minimum atomic E-state index is -0.233. The second-order valence-corrected chi connectivity index (χ2v) is 4.22. The Balaban J connectivity index is 3.76. The van der Waals surface area contributed by atoms with Crippen LogP contribution >= 0.6 is 0 Å². The van der Waals surface area contributed by atoms with Crippen molar-refractivity contribution < 1.29 is 5.11 Å². The molecule has 3 nitrogen and oxygen atoms in total. The van der Waals surface area contributed by atoms with Gasteiger partial charge in [0.15, 0.2) is 0 Å². The largest absolute Gasteiger partial charge is 0.390 e. The molecule has 2 N–H and O–H groups in total. The molecule has 0 saturated heterocycles. The van der Waals surface area contributed by atoms with Crippen LogP contribution in [0, 0.1) is 0 Å². The summed E-state index contributed by atoms with van der Waals surface area (Å²) in [5.74, 6) is 0. The van der Waals surface area contributed by atoms with Gasteiger partial charge in [-0.15, -0.1) is 0 Å². The second-order valence-electron chi connectivity index (χ2n) is 4.22.